The van der Waals surface area contributed by atoms with Gasteiger partial charge in [-0.2, -0.15) is 4.99 Å². The van der Waals surface area contributed by atoms with Crippen LogP contribution < -0.4 is 19.0 Å². The van der Waals surface area contributed by atoms with Gasteiger partial charge < -0.3 is 23.5 Å². The zero-order valence-electron chi connectivity index (χ0n) is 17.1. The SMILES string of the molecule is CCOC(=O)Cn1c(=NC(=O)c2ccc(OC)cc2)sc2cc(OC)c(OC)cc21. The van der Waals surface area contributed by atoms with Crippen molar-refractivity contribution in [2.24, 2.45) is 4.99 Å². The number of esters is 1. The highest BCUT2D eigenvalue weighted by Crippen LogP contribution is 2.33. The maximum atomic E-state index is 12.7. The van der Waals surface area contributed by atoms with Crippen LogP contribution in [0.1, 0.15) is 17.3 Å². The molecule has 8 nitrogen and oxygen atoms in total. The predicted octanol–water partition coefficient (Wildman–Crippen LogP) is 3.03. The number of nitrogens with zero attached hydrogens (tertiary/aromatic N) is 2. The van der Waals surface area contributed by atoms with Gasteiger partial charge in [0, 0.05) is 17.7 Å². The lowest BCUT2D eigenvalue weighted by Gasteiger charge is -2.09. The van der Waals surface area contributed by atoms with E-state index in [1.54, 1.807) is 62.1 Å². The number of thiazole rings is 1. The molecule has 3 aromatic rings. The molecule has 0 radical (unpaired) electrons. The second kappa shape index (κ2) is 9.45. The average molecular weight is 430 g/mol. The summed E-state index contributed by atoms with van der Waals surface area (Å²) >= 11 is 1.27. The van der Waals surface area contributed by atoms with Gasteiger partial charge in [-0.1, -0.05) is 11.3 Å². The summed E-state index contributed by atoms with van der Waals surface area (Å²) < 4.78 is 23.4. The van der Waals surface area contributed by atoms with Crippen molar-refractivity contribution in [1.82, 2.24) is 4.57 Å². The Morgan fingerprint density at radius 3 is 2.27 bits per heavy atom. The van der Waals surface area contributed by atoms with E-state index in [0.29, 0.717) is 33.1 Å². The van der Waals surface area contributed by atoms with E-state index in [1.165, 1.54) is 18.4 Å². The minimum absolute atomic E-state index is 0.0853. The zero-order valence-corrected chi connectivity index (χ0v) is 17.9. The highest BCUT2D eigenvalue weighted by atomic mass is 32.1. The second-order valence-corrected chi connectivity index (χ2v) is 7.11. The lowest BCUT2D eigenvalue weighted by atomic mass is 10.2. The third kappa shape index (κ3) is 4.46. The summed E-state index contributed by atoms with van der Waals surface area (Å²) in [4.78, 5) is 29.5. The fourth-order valence-corrected chi connectivity index (χ4v) is 3.89. The molecule has 3 rings (SSSR count). The summed E-state index contributed by atoms with van der Waals surface area (Å²) in [7, 11) is 4.63. The second-order valence-electron chi connectivity index (χ2n) is 6.10. The molecule has 0 saturated heterocycles. The van der Waals surface area contributed by atoms with E-state index in [9.17, 15) is 9.59 Å². The van der Waals surface area contributed by atoms with Gasteiger partial charge in [0.15, 0.2) is 16.3 Å². The van der Waals surface area contributed by atoms with Crippen molar-refractivity contribution in [3.05, 3.63) is 46.8 Å². The number of aromatic nitrogens is 1. The molecule has 0 spiro atoms. The van der Waals surface area contributed by atoms with E-state index in [1.807, 2.05) is 0 Å². The summed E-state index contributed by atoms with van der Waals surface area (Å²) in [6.45, 7) is 1.91. The van der Waals surface area contributed by atoms with Gasteiger partial charge in [0.25, 0.3) is 5.91 Å². The molecule has 0 aliphatic rings. The van der Waals surface area contributed by atoms with Gasteiger partial charge in [0.1, 0.15) is 12.3 Å². The van der Waals surface area contributed by atoms with Crippen molar-refractivity contribution in [2.75, 3.05) is 27.9 Å². The van der Waals surface area contributed by atoms with Crippen LogP contribution in [0.15, 0.2) is 41.4 Å². The number of rotatable bonds is 7. The van der Waals surface area contributed by atoms with Gasteiger partial charge in [0.05, 0.1) is 38.2 Å². The number of ether oxygens (including phenoxy) is 4. The third-order valence-corrected chi connectivity index (χ3v) is 5.36. The molecule has 1 amide bonds. The Morgan fingerprint density at radius 1 is 1.00 bits per heavy atom. The van der Waals surface area contributed by atoms with Crippen LogP contribution in [-0.4, -0.2) is 44.4 Å². The fraction of sp³-hybridized carbons (Fsp3) is 0.286. The first-order valence-corrected chi connectivity index (χ1v) is 9.96. The average Bonchev–Trinajstić information content (AvgIpc) is 3.08. The van der Waals surface area contributed by atoms with Crippen LogP contribution >= 0.6 is 11.3 Å². The Balaban J connectivity index is 2.13. The molecule has 158 valence electrons. The van der Waals surface area contributed by atoms with Crippen LogP contribution in [0, 0.1) is 0 Å². The zero-order chi connectivity index (χ0) is 21.7. The van der Waals surface area contributed by atoms with Crippen molar-refractivity contribution in [2.45, 2.75) is 13.5 Å². The van der Waals surface area contributed by atoms with Crippen molar-refractivity contribution >= 4 is 33.4 Å². The van der Waals surface area contributed by atoms with Crippen LogP contribution in [0.2, 0.25) is 0 Å². The van der Waals surface area contributed by atoms with E-state index in [0.717, 1.165) is 4.70 Å². The largest absolute Gasteiger partial charge is 0.497 e. The topological polar surface area (TPSA) is 88.4 Å². The monoisotopic (exact) mass is 430 g/mol. The fourth-order valence-electron chi connectivity index (χ4n) is 2.86. The number of methoxy groups -OCH3 is 3. The molecular weight excluding hydrogens is 408 g/mol. The summed E-state index contributed by atoms with van der Waals surface area (Å²) in [5, 5.41) is 0. The molecule has 0 aliphatic carbocycles. The maximum absolute atomic E-state index is 12.7. The standard InChI is InChI=1S/C21H22N2O6S/c1-5-29-19(24)12-23-15-10-16(27-3)17(28-4)11-18(15)30-21(23)22-20(25)13-6-8-14(26-2)9-7-13/h6-11H,5,12H2,1-4H3. The number of carbonyl (C=O) groups is 2. The van der Waals surface area contributed by atoms with Gasteiger partial charge in [0.2, 0.25) is 0 Å². The van der Waals surface area contributed by atoms with Gasteiger partial charge in [-0.25, -0.2) is 0 Å². The van der Waals surface area contributed by atoms with E-state index < -0.39 is 11.9 Å². The van der Waals surface area contributed by atoms with Crippen LogP contribution in [0.4, 0.5) is 0 Å². The third-order valence-electron chi connectivity index (χ3n) is 4.31. The summed E-state index contributed by atoms with van der Waals surface area (Å²) in [6, 6.07) is 10.2. The molecular formula is C21H22N2O6S. The number of amides is 1. The molecule has 1 aromatic heterocycles. The van der Waals surface area contributed by atoms with Crippen LogP contribution in [0.3, 0.4) is 0 Å². The molecule has 2 aromatic carbocycles. The molecule has 0 atom stereocenters. The summed E-state index contributed by atoms with van der Waals surface area (Å²) in [5.41, 5.74) is 1.10. The highest BCUT2D eigenvalue weighted by molar-refractivity contribution is 7.16. The van der Waals surface area contributed by atoms with Crippen molar-refractivity contribution in [1.29, 1.82) is 0 Å². The van der Waals surface area contributed by atoms with Crippen molar-refractivity contribution in [3.63, 3.8) is 0 Å². The molecule has 9 heteroatoms. The summed E-state index contributed by atoms with van der Waals surface area (Å²) in [6.07, 6.45) is 0. The molecule has 0 saturated carbocycles. The van der Waals surface area contributed by atoms with E-state index in [-0.39, 0.29) is 13.2 Å². The summed E-state index contributed by atoms with van der Waals surface area (Å²) in [5.74, 6) is 0.840. The minimum atomic E-state index is -0.430. The quantitative estimate of drug-likeness (QED) is 0.536. The number of benzene rings is 2. The van der Waals surface area contributed by atoms with E-state index >= 15 is 0 Å². The van der Waals surface area contributed by atoms with Crippen LogP contribution in [-0.2, 0) is 16.1 Å². The van der Waals surface area contributed by atoms with Crippen molar-refractivity contribution in [3.8, 4) is 17.2 Å². The minimum Gasteiger partial charge on any atom is -0.497 e. The molecule has 0 fully saturated rings. The number of carbonyl (C=O) groups excluding carboxylic acids is 2. The van der Waals surface area contributed by atoms with Gasteiger partial charge in [-0.3, -0.25) is 9.59 Å². The van der Waals surface area contributed by atoms with E-state index in [2.05, 4.69) is 4.99 Å². The molecule has 30 heavy (non-hydrogen) atoms. The number of hydrogen-bond donors (Lipinski definition) is 0. The van der Waals surface area contributed by atoms with Gasteiger partial charge in [-0.15, -0.1) is 0 Å². The molecule has 0 unspecified atom stereocenters. The Labute approximate surface area is 177 Å². The first-order valence-electron chi connectivity index (χ1n) is 9.14. The van der Waals surface area contributed by atoms with Crippen LogP contribution in [0.5, 0.6) is 17.2 Å². The normalized spacial score (nSPS) is 11.4. The van der Waals surface area contributed by atoms with Gasteiger partial charge >= 0.3 is 5.97 Å². The molecule has 0 N–H and O–H groups in total. The highest BCUT2D eigenvalue weighted by Gasteiger charge is 2.16. The first kappa shape index (κ1) is 21.4. The number of hydrogen-bond acceptors (Lipinski definition) is 7. The Bertz CT molecular complexity index is 1130. The number of fused-ring (bicyclic) bond motifs is 1. The maximum Gasteiger partial charge on any atom is 0.326 e. The Hall–Kier alpha value is -3.33. The Morgan fingerprint density at radius 2 is 1.67 bits per heavy atom. The van der Waals surface area contributed by atoms with E-state index in [4.69, 9.17) is 18.9 Å². The lowest BCUT2D eigenvalue weighted by molar-refractivity contribution is -0.143. The molecule has 1 heterocycles. The molecule has 0 bridgehead atoms. The molecule has 0 aliphatic heterocycles. The Kier molecular flexibility index (Phi) is 6.73. The predicted molar refractivity (Wildman–Crippen MR) is 112 cm³/mol. The first-order chi connectivity index (χ1) is 14.5. The smallest absolute Gasteiger partial charge is 0.326 e. The van der Waals surface area contributed by atoms with Crippen LogP contribution in [0.25, 0.3) is 10.2 Å². The lowest BCUT2D eigenvalue weighted by Crippen LogP contribution is -2.23. The van der Waals surface area contributed by atoms with Crippen molar-refractivity contribution < 1.29 is 28.5 Å². The van der Waals surface area contributed by atoms with Gasteiger partial charge in [-0.05, 0) is 31.2 Å².